The lowest BCUT2D eigenvalue weighted by Gasteiger charge is -2.28. The van der Waals surface area contributed by atoms with E-state index in [9.17, 15) is 4.79 Å². The Morgan fingerprint density at radius 2 is 2.04 bits per heavy atom. The van der Waals surface area contributed by atoms with Gasteiger partial charge < -0.3 is 19.7 Å². The number of nitrogens with zero attached hydrogens (tertiary/aromatic N) is 3. The van der Waals surface area contributed by atoms with Gasteiger partial charge in [0.2, 0.25) is 5.82 Å². The number of rotatable bonds is 6. The van der Waals surface area contributed by atoms with Gasteiger partial charge in [0.15, 0.2) is 0 Å². The standard InChI is InChI=1S/C19H24N4O3/c1-14-6-4-5-7-16(14)26-13-19(25-3)8-9-23(12-19)18(24)17-21-10-15(20-2)11-22-17/h4-7,10-11,20H,8-9,12-13H2,1-3H3/t19-/m1/s1. The number of methoxy groups -OCH3 is 1. The van der Waals surface area contributed by atoms with E-state index in [1.807, 2.05) is 31.2 Å². The van der Waals surface area contributed by atoms with Gasteiger partial charge in [-0.3, -0.25) is 4.79 Å². The summed E-state index contributed by atoms with van der Waals surface area (Å²) in [5.41, 5.74) is 1.31. The Morgan fingerprint density at radius 1 is 1.31 bits per heavy atom. The van der Waals surface area contributed by atoms with Gasteiger partial charge in [-0.1, -0.05) is 18.2 Å². The summed E-state index contributed by atoms with van der Waals surface area (Å²) in [6.07, 6.45) is 3.90. The van der Waals surface area contributed by atoms with Crippen molar-refractivity contribution in [1.82, 2.24) is 14.9 Å². The molecule has 1 aliphatic heterocycles. The fraction of sp³-hybridized carbons (Fsp3) is 0.421. The third-order valence-corrected chi connectivity index (χ3v) is 4.75. The highest BCUT2D eigenvalue weighted by Gasteiger charge is 2.42. The Hall–Kier alpha value is -2.67. The zero-order chi connectivity index (χ0) is 18.6. The molecule has 0 aliphatic carbocycles. The molecule has 1 amide bonds. The van der Waals surface area contributed by atoms with Crippen LogP contribution in [0.2, 0.25) is 0 Å². The van der Waals surface area contributed by atoms with Crippen molar-refractivity contribution in [3.8, 4) is 5.75 Å². The SMILES string of the molecule is CNc1cnc(C(=O)N2CC[C@@](COc3ccccc3C)(OC)C2)nc1. The van der Waals surface area contributed by atoms with Gasteiger partial charge >= 0.3 is 0 Å². The lowest BCUT2D eigenvalue weighted by atomic mass is 10.0. The third-order valence-electron chi connectivity index (χ3n) is 4.75. The first-order valence-electron chi connectivity index (χ1n) is 8.59. The highest BCUT2D eigenvalue weighted by Crippen LogP contribution is 2.28. The highest BCUT2D eigenvalue weighted by molar-refractivity contribution is 5.90. The van der Waals surface area contributed by atoms with Gasteiger partial charge in [-0.05, 0) is 25.0 Å². The molecule has 1 saturated heterocycles. The maximum atomic E-state index is 12.7. The molecule has 0 radical (unpaired) electrons. The Labute approximate surface area is 153 Å². The van der Waals surface area contributed by atoms with Crippen LogP contribution in [0.1, 0.15) is 22.6 Å². The van der Waals surface area contributed by atoms with Crippen LogP contribution in [-0.2, 0) is 4.74 Å². The van der Waals surface area contributed by atoms with Crippen molar-refractivity contribution < 1.29 is 14.3 Å². The largest absolute Gasteiger partial charge is 0.490 e. The number of aromatic nitrogens is 2. The minimum atomic E-state index is -0.525. The van der Waals surface area contributed by atoms with Crippen LogP contribution < -0.4 is 10.1 Å². The molecule has 1 atom stereocenters. The number of anilines is 1. The van der Waals surface area contributed by atoms with Crippen LogP contribution in [0.4, 0.5) is 5.69 Å². The zero-order valence-electron chi connectivity index (χ0n) is 15.4. The number of ether oxygens (including phenoxy) is 2. The summed E-state index contributed by atoms with van der Waals surface area (Å²) in [6, 6.07) is 7.86. The second-order valence-electron chi connectivity index (χ2n) is 6.46. The molecule has 1 fully saturated rings. The van der Waals surface area contributed by atoms with E-state index in [2.05, 4.69) is 15.3 Å². The van der Waals surface area contributed by atoms with Crippen LogP contribution >= 0.6 is 0 Å². The van der Waals surface area contributed by atoms with Crippen LogP contribution in [-0.4, -0.2) is 60.2 Å². The monoisotopic (exact) mass is 356 g/mol. The lowest BCUT2D eigenvalue weighted by Crippen LogP contribution is -2.42. The number of amides is 1. The first kappa shape index (κ1) is 18.1. The maximum absolute atomic E-state index is 12.7. The first-order chi connectivity index (χ1) is 12.6. The molecule has 138 valence electrons. The summed E-state index contributed by atoms with van der Waals surface area (Å²) in [7, 11) is 3.44. The van der Waals surface area contributed by atoms with Crippen LogP contribution in [0.3, 0.4) is 0 Å². The number of para-hydroxylation sites is 1. The third kappa shape index (κ3) is 3.77. The van der Waals surface area contributed by atoms with Gasteiger partial charge in [0, 0.05) is 20.7 Å². The van der Waals surface area contributed by atoms with Gasteiger partial charge in [-0.25, -0.2) is 9.97 Å². The smallest absolute Gasteiger partial charge is 0.291 e. The number of carbonyl (C=O) groups is 1. The average Bonchev–Trinajstić information content (AvgIpc) is 3.12. The number of likely N-dealkylation sites (tertiary alicyclic amines) is 1. The fourth-order valence-electron chi connectivity index (χ4n) is 3.00. The molecule has 1 N–H and O–H groups in total. The number of aryl methyl sites for hydroxylation is 1. The van der Waals surface area contributed by atoms with Crippen LogP contribution in [0.25, 0.3) is 0 Å². The molecule has 0 spiro atoms. The van der Waals surface area contributed by atoms with Crippen LogP contribution in [0, 0.1) is 6.92 Å². The second kappa shape index (κ2) is 7.70. The topological polar surface area (TPSA) is 76.6 Å². The Morgan fingerprint density at radius 3 is 2.69 bits per heavy atom. The van der Waals surface area contributed by atoms with Gasteiger partial charge in [-0.15, -0.1) is 0 Å². The van der Waals surface area contributed by atoms with Crippen molar-refractivity contribution in [2.75, 3.05) is 39.2 Å². The van der Waals surface area contributed by atoms with Crippen LogP contribution in [0.5, 0.6) is 5.75 Å². The Kier molecular flexibility index (Phi) is 5.37. The minimum absolute atomic E-state index is 0.190. The maximum Gasteiger partial charge on any atom is 0.291 e. The molecule has 7 nitrogen and oxygen atoms in total. The summed E-state index contributed by atoms with van der Waals surface area (Å²) in [6.45, 7) is 3.43. The van der Waals surface area contributed by atoms with E-state index in [0.717, 1.165) is 17.0 Å². The molecule has 7 heteroatoms. The second-order valence-corrected chi connectivity index (χ2v) is 6.46. The molecular formula is C19H24N4O3. The summed E-state index contributed by atoms with van der Waals surface area (Å²) in [5.74, 6) is 0.831. The average molecular weight is 356 g/mol. The van der Waals surface area contributed by atoms with Gasteiger partial charge in [-0.2, -0.15) is 0 Å². The van der Waals surface area contributed by atoms with E-state index >= 15 is 0 Å². The van der Waals surface area contributed by atoms with Crippen molar-refractivity contribution in [3.63, 3.8) is 0 Å². The van der Waals surface area contributed by atoms with E-state index < -0.39 is 5.60 Å². The molecule has 26 heavy (non-hydrogen) atoms. The molecular weight excluding hydrogens is 332 g/mol. The zero-order valence-corrected chi connectivity index (χ0v) is 15.4. The molecule has 1 aromatic heterocycles. The Balaban J connectivity index is 1.66. The van der Waals surface area contributed by atoms with Gasteiger partial charge in [0.1, 0.15) is 18.0 Å². The number of benzene rings is 1. The molecule has 2 aromatic rings. The predicted molar refractivity (Wildman–Crippen MR) is 98.5 cm³/mol. The minimum Gasteiger partial charge on any atom is -0.490 e. The Bertz CT molecular complexity index is 766. The number of hydrogen-bond donors (Lipinski definition) is 1. The summed E-state index contributed by atoms with van der Waals surface area (Å²) in [5, 5.41) is 2.94. The quantitative estimate of drug-likeness (QED) is 0.855. The molecule has 0 saturated carbocycles. The molecule has 2 heterocycles. The van der Waals surface area contributed by atoms with Crippen molar-refractivity contribution in [3.05, 3.63) is 48.0 Å². The van der Waals surface area contributed by atoms with E-state index in [0.29, 0.717) is 26.1 Å². The van der Waals surface area contributed by atoms with Gasteiger partial charge in [0.25, 0.3) is 5.91 Å². The fourth-order valence-corrected chi connectivity index (χ4v) is 3.00. The number of carbonyl (C=O) groups excluding carboxylic acids is 1. The van der Waals surface area contributed by atoms with Gasteiger partial charge in [0.05, 0.1) is 24.6 Å². The van der Waals surface area contributed by atoms with Crippen molar-refractivity contribution >= 4 is 11.6 Å². The predicted octanol–water partition coefficient (Wildman–Crippen LogP) is 2.14. The molecule has 1 aromatic carbocycles. The molecule has 0 unspecified atom stereocenters. The highest BCUT2D eigenvalue weighted by atomic mass is 16.5. The van der Waals surface area contributed by atoms with Crippen molar-refractivity contribution in [1.29, 1.82) is 0 Å². The lowest BCUT2D eigenvalue weighted by molar-refractivity contribution is -0.0344. The number of hydrogen-bond acceptors (Lipinski definition) is 6. The first-order valence-corrected chi connectivity index (χ1v) is 8.59. The van der Waals surface area contributed by atoms with Crippen molar-refractivity contribution in [2.24, 2.45) is 0 Å². The molecule has 1 aliphatic rings. The van der Waals surface area contributed by atoms with E-state index in [1.165, 1.54) is 0 Å². The van der Waals surface area contributed by atoms with E-state index in [1.54, 1.807) is 31.5 Å². The van der Waals surface area contributed by atoms with Crippen LogP contribution in [0.15, 0.2) is 36.7 Å². The summed E-state index contributed by atoms with van der Waals surface area (Å²) >= 11 is 0. The molecule has 0 bridgehead atoms. The number of nitrogens with one attached hydrogen (secondary N) is 1. The van der Waals surface area contributed by atoms with E-state index in [4.69, 9.17) is 9.47 Å². The van der Waals surface area contributed by atoms with Crippen molar-refractivity contribution in [2.45, 2.75) is 18.9 Å². The van der Waals surface area contributed by atoms with E-state index in [-0.39, 0.29) is 11.7 Å². The normalized spacial score (nSPS) is 19.4. The summed E-state index contributed by atoms with van der Waals surface area (Å²) < 4.78 is 11.7. The summed E-state index contributed by atoms with van der Waals surface area (Å²) in [4.78, 5) is 22.7. The molecule has 3 rings (SSSR count).